The van der Waals surface area contributed by atoms with E-state index in [1.54, 1.807) is 18.2 Å². The number of carbonyl (C=O) groups excluding carboxylic acids is 1. The normalized spacial score (nSPS) is 14.8. The number of carbonyl (C=O) groups is 2. The zero-order chi connectivity index (χ0) is 17.6. The summed E-state index contributed by atoms with van der Waals surface area (Å²) >= 11 is 0. The third kappa shape index (κ3) is 4.40. The molecule has 1 aromatic carbocycles. The number of rotatable bonds is 10. The lowest BCUT2D eigenvalue weighted by atomic mass is 10.1. The van der Waals surface area contributed by atoms with E-state index in [0.29, 0.717) is 43.1 Å². The zero-order valence-corrected chi connectivity index (χ0v) is 14.3. The first-order valence-electron chi connectivity index (χ1n) is 8.43. The van der Waals surface area contributed by atoms with Gasteiger partial charge in [0.15, 0.2) is 11.5 Å². The second kappa shape index (κ2) is 8.04. The molecule has 1 fully saturated rings. The van der Waals surface area contributed by atoms with Crippen LogP contribution in [0.2, 0.25) is 0 Å². The Morgan fingerprint density at radius 3 is 2.29 bits per heavy atom. The smallest absolute Gasteiger partial charge is 0.311 e. The van der Waals surface area contributed by atoms with Crippen molar-refractivity contribution in [3.05, 3.63) is 23.8 Å². The van der Waals surface area contributed by atoms with Crippen molar-refractivity contribution in [1.82, 2.24) is 5.32 Å². The second-order valence-corrected chi connectivity index (χ2v) is 6.13. The van der Waals surface area contributed by atoms with E-state index < -0.39 is 11.4 Å². The van der Waals surface area contributed by atoms with Gasteiger partial charge in [0.2, 0.25) is 0 Å². The largest absolute Gasteiger partial charge is 0.490 e. The predicted octanol–water partition coefficient (Wildman–Crippen LogP) is 2.86. The van der Waals surface area contributed by atoms with Crippen LogP contribution in [0, 0.1) is 5.41 Å². The van der Waals surface area contributed by atoms with Gasteiger partial charge in [-0.05, 0) is 43.9 Å². The molecule has 0 saturated heterocycles. The van der Waals surface area contributed by atoms with Crippen LogP contribution in [0.5, 0.6) is 11.5 Å². The van der Waals surface area contributed by atoms with Crippen LogP contribution in [0.3, 0.4) is 0 Å². The van der Waals surface area contributed by atoms with E-state index in [1.165, 1.54) is 0 Å². The zero-order valence-electron chi connectivity index (χ0n) is 14.3. The molecular weight excluding hydrogens is 310 g/mol. The number of ether oxygens (including phenoxy) is 2. The standard InChI is InChI=1S/C18H25NO5/c1-3-9-23-14-6-5-13(11-15(14)24-10-4-2)16(20)19-12-18(7-8-18)17(21)22/h5-6,11H,3-4,7-10,12H2,1-2H3,(H,19,20)(H,21,22). The van der Waals surface area contributed by atoms with Gasteiger partial charge in [-0.3, -0.25) is 9.59 Å². The average molecular weight is 335 g/mol. The Morgan fingerprint density at radius 1 is 1.12 bits per heavy atom. The summed E-state index contributed by atoms with van der Waals surface area (Å²) in [5.74, 6) is 0.00682. The highest BCUT2D eigenvalue weighted by molar-refractivity contribution is 5.95. The summed E-state index contributed by atoms with van der Waals surface area (Å²) in [6, 6.07) is 5.04. The van der Waals surface area contributed by atoms with Gasteiger partial charge in [-0.2, -0.15) is 0 Å². The fraction of sp³-hybridized carbons (Fsp3) is 0.556. The summed E-state index contributed by atoms with van der Waals surface area (Å²) < 4.78 is 11.3. The Hall–Kier alpha value is -2.24. The molecule has 132 valence electrons. The molecule has 2 N–H and O–H groups in total. The van der Waals surface area contributed by atoms with E-state index in [0.717, 1.165) is 12.8 Å². The molecule has 1 amide bonds. The highest BCUT2D eigenvalue weighted by Crippen LogP contribution is 2.45. The highest BCUT2D eigenvalue weighted by Gasteiger charge is 2.50. The number of hydrogen-bond acceptors (Lipinski definition) is 4. The molecular formula is C18H25NO5. The van der Waals surface area contributed by atoms with Crippen LogP contribution in [-0.2, 0) is 4.79 Å². The van der Waals surface area contributed by atoms with E-state index >= 15 is 0 Å². The monoisotopic (exact) mass is 335 g/mol. The van der Waals surface area contributed by atoms with Crippen molar-refractivity contribution in [2.24, 2.45) is 5.41 Å². The molecule has 0 heterocycles. The molecule has 2 rings (SSSR count). The second-order valence-electron chi connectivity index (χ2n) is 6.13. The van der Waals surface area contributed by atoms with E-state index in [-0.39, 0.29) is 12.5 Å². The summed E-state index contributed by atoms with van der Waals surface area (Å²) in [5.41, 5.74) is -0.340. The predicted molar refractivity (Wildman–Crippen MR) is 89.7 cm³/mol. The first kappa shape index (κ1) is 18.1. The van der Waals surface area contributed by atoms with Crippen molar-refractivity contribution in [2.45, 2.75) is 39.5 Å². The highest BCUT2D eigenvalue weighted by atomic mass is 16.5. The molecule has 0 unspecified atom stereocenters. The molecule has 1 aliphatic rings. The van der Waals surface area contributed by atoms with Crippen molar-refractivity contribution in [2.75, 3.05) is 19.8 Å². The Labute approximate surface area is 142 Å². The van der Waals surface area contributed by atoms with Crippen LogP contribution < -0.4 is 14.8 Å². The Morgan fingerprint density at radius 2 is 1.75 bits per heavy atom. The average Bonchev–Trinajstić information content (AvgIpc) is 3.37. The summed E-state index contributed by atoms with van der Waals surface area (Å²) in [6.45, 7) is 5.29. The van der Waals surface area contributed by atoms with Gasteiger partial charge < -0.3 is 19.9 Å². The van der Waals surface area contributed by atoms with Crippen LogP contribution in [-0.4, -0.2) is 36.7 Å². The lowest BCUT2D eigenvalue weighted by Crippen LogP contribution is -2.34. The molecule has 6 heteroatoms. The van der Waals surface area contributed by atoms with E-state index in [2.05, 4.69) is 5.32 Å². The van der Waals surface area contributed by atoms with Crippen LogP contribution in [0.4, 0.5) is 0 Å². The molecule has 1 saturated carbocycles. The van der Waals surface area contributed by atoms with E-state index in [4.69, 9.17) is 14.6 Å². The van der Waals surface area contributed by atoms with Gasteiger partial charge in [-0.15, -0.1) is 0 Å². The molecule has 1 aliphatic carbocycles. The van der Waals surface area contributed by atoms with Crippen molar-refractivity contribution in [1.29, 1.82) is 0 Å². The van der Waals surface area contributed by atoms with Crippen LogP contribution in [0.1, 0.15) is 49.9 Å². The van der Waals surface area contributed by atoms with Gasteiger partial charge >= 0.3 is 5.97 Å². The van der Waals surface area contributed by atoms with Gasteiger partial charge in [0.05, 0.1) is 18.6 Å². The minimum Gasteiger partial charge on any atom is -0.490 e. The van der Waals surface area contributed by atoms with Gasteiger partial charge in [0.25, 0.3) is 5.91 Å². The van der Waals surface area contributed by atoms with Crippen LogP contribution in [0.25, 0.3) is 0 Å². The van der Waals surface area contributed by atoms with E-state index in [1.807, 2.05) is 13.8 Å². The number of aliphatic carboxylic acids is 1. The summed E-state index contributed by atoms with van der Waals surface area (Å²) in [6.07, 6.45) is 2.95. The minimum absolute atomic E-state index is 0.153. The number of hydrogen-bond donors (Lipinski definition) is 2. The quantitative estimate of drug-likeness (QED) is 0.687. The lowest BCUT2D eigenvalue weighted by molar-refractivity contribution is -0.143. The van der Waals surface area contributed by atoms with E-state index in [9.17, 15) is 9.59 Å². The minimum atomic E-state index is -0.849. The summed E-state index contributed by atoms with van der Waals surface area (Å²) in [4.78, 5) is 23.5. The maximum Gasteiger partial charge on any atom is 0.311 e. The molecule has 0 bridgehead atoms. The summed E-state index contributed by atoms with van der Waals surface area (Å²) in [5, 5.41) is 11.9. The fourth-order valence-corrected chi connectivity index (χ4v) is 2.27. The molecule has 0 atom stereocenters. The molecule has 0 spiro atoms. The molecule has 0 radical (unpaired) electrons. The maximum absolute atomic E-state index is 12.3. The molecule has 1 aromatic rings. The van der Waals surface area contributed by atoms with Gasteiger partial charge in [0, 0.05) is 12.1 Å². The van der Waals surface area contributed by atoms with Crippen molar-refractivity contribution in [3.63, 3.8) is 0 Å². The maximum atomic E-state index is 12.3. The molecule has 0 aromatic heterocycles. The SMILES string of the molecule is CCCOc1ccc(C(=O)NCC2(C(=O)O)CC2)cc1OCCC. The van der Waals surface area contributed by atoms with Crippen LogP contribution >= 0.6 is 0 Å². The summed E-state index contributed by atoms with van der Waals surface area (Å²) in [7, 11) is 0. The number of amides is 1. The Kier molecular flexibility index (Phi) is 6.06. The third-order valence-electron chi connectivity index (χ3n) is 4.02. The first-order valence-corrected chi connectivity index (χ1v) is 8.43. The third-order valence-corrected chi connectivity index (χ3v) is 4.02. The number of carboxylic acids is 1. The van der Waals surface area contributed by atoms with Gasteiger partial charge in [0.1, 0.15) is 0 Å². The Balaban J connectivity index is 2.05. The van der Waals surface area contributed by atoms with Gasteiger partial charge in [-0.1, -0.05) is 13.8 Å². The van der Waals surface area contributed by atoms with Crippen molar-refractivity contribution >= 4 is 11.9 Å². The fourth-order valence-electron chi connectivity index (χ4n) is 2.27. The Bertz CT molecular complexity index is 595. The molecule has 24 heavy (non-hydrogen) atoms. The number of benzene rings is 1. The lowest BCUT2D eigenvalue weighted by Gasteiger charge is -2.14. The first-order chi connectivity index (χ1) is 11.5. The number of nitrogens with one attached hydrogen (secondary N) is 1. The van der Waals surface area contributed by atoms with Gasteiger partial charge in [-0.25, -0.2) is 0 Å². The topological polar surface area (TPSA) is 84.9 Å². The number of carboxylic acid groups (broad SMARTS) is 1. The van der Waals surface area contributed by atoms with Crippen molar-refractivity contribution < 1.29 is 24.2 Å². The molecule has 0 aliphatic heterocycles. The van der Waals surface area contributed by atoms with Crippen molar-refractivity contribution in [3.8, 4) is 11.5 Å². The van der Waals surface area contributed by atoms with Crippen LogP contribution in [0.15, 0.2) is 18.2 Å². The molecule has 6 nitrogen and oxygen atoms in total.